The molecule has 3 rings (SSSR count). The summed E-state index contributed by atoms with van der Waals surface area (Å²) in [5.74, 6) is -1.39. The van der Waals surface area contributed by atoms with Crippen molar-refractivity contribution in [3.8, 4) is 5.75 Å². The minimum atomic E-state index is -0.666. The molecule has 2 aromatic carbocycles. The molecule has 1 aliphatic rings. The first-order chi connectivity index (χ1) is 16.2. The number of amides is 3. The Morgan fingerprint density at radius 2 is 2.00 bits per heavy atom. The number of halogens is 2. The predicted octanol–water partition coefficient (Wildman–Crippen LogP) is 5.13. The Hall–Kier alpha value is -3.08. The molecule has 1 aliphatic heterocycles. The van der Waals surface area contributed by atoms with Gasteiger partial charge in [-0.05, 0) is 54.2 Å². The van der Waals surface area contributed by atoms with Crippen molar-refractivity contribution in [2.75, 3.05) is 25.6 Å². The lowest BCUT2D eigenvalue weighted by molar-refractivity contribution is -0.127. The first-order valence-corrected chi connectivity index (χ1v) is 11.7. The lowest BCUT2D eigenvalue weighted by Crippen LogP contribution is -2.36. The zero-order valence-electron chi connectivity index (χ0n) is 17.8. The van der Waals surface area contributed by atoms with E-state index in [2.05, 4.69) is 32.6 Å². The van der Waals surface area contributed by atoms with E-state index in [9.17, 15) is 19.2 Å². The summed E-state index contributed by atoms with van der Waals surface area (Å²) in [6.45, 7) is 3.38. The third-order valence-corrected chi connectivity index (χ3v) is 6.18. The van der Waals surface area contributed by atoms with Crippen molar-refractivity contribution >= 4 is 74.1 Å². The van der Waals surface area contributed by atoms with E-state index in [1.165, 1.54) is 31.4 Å². The van der Waals surface area contributed by atoms with Crippen molar-refractivity contribution in [3.63, 3.8) is 0 Å². The lowest BCUT2D eigenvalue weighted by atomic mass is 10.2. The van der Waals surface area contributed by atoms with Crippen molar-refractivity contribution in [2.45, 2.75) is 0 Å². The third kappa shape index (κ3) is 6.07. The maximum absolute atomic E-state index is 12.8. The number of hydrogen-bond acceptors (Lipinski definition) is 7. The summed E-state index contributed by atoms with van der Waals surface area (Å²) >= 11 is 10.1. The molecule has 1 fully saturated rings. The molecule has 8 nitrogen and oxygen atoms in total. The van der Waals surface area contributed by atoms with E-state index in [-0.39, 0.29) is 27.8 Å². The van der Waals surface area contributed by atoms with E-state index in [0.717, 1.165) is 21.1 Å². The van der Waals surface area contributed by atoms with Gasteiger partial charge in [-0.2, -0.15) is 0 Å². The van der Waals surface area contributed by atoms with Gasteiger partial charge in [0.1, 0.15) is 18.9 Å². The SMILES string of the molecule is C=CCOc1ccc(Br)cc1/C=C1/SC(=O)N(CC(=O)Nc2ccc(Cl)c(C(=O)OC)c2)C1=O. The van der Waals surface area contributed by atoms with Crippen LogP contribution in [0.2, 0.25) is 5.02 Å². The monoisotopic (exact) mass is 564 g/mol. The van der Waals surface area contributed by atoms with Gasteiger partial charge in [-0.3, -0.25) is 19.3 Å². The summed E-state index contributed by atoms with van der Waals surface area (Å²) in [6, 6.07) is 9.52. The fourth-order valence-electron chi connectivity index (χ4n) is 2.90. The highest BCUT2D eigenvalue weighted by Gasteiger charge is 2.36. The number of anilines is 1. The van der Waals surface area contributed by atoms with Crippen LogP contribution >= 0.6 is 39.3 Å². The standard InChI is InChI=1S/C23H18BrClN2O6S/c1-3-8-33-18-7-4-14(24)9-13(18)10-19-21(29)27(23(31)34-19)12-20(28)26-15-5-6-17(25)16(11-15)22(30)32-2/h3-7,9-11H,1,8,12H2,2H3,(H,26,28)/b19-10+. The highest BCUT2D eigenvalue weighted by atomic mass is 79.9. The van der Waals surface area contributed by atoms with E-state index in [1.807, 2.05) is 0 Å². The minimum absolute atomic E-state index is 0.0690. The Kier molecular flexibility index (Phi) is 8.54. The average molecular weight is 566 g/mol. The number of hydrogen-bond donors (Lipinski definition) is 1. The highest BCUT2D eigenvalue weighted by Crippen LogP contribution is 2.35. The maximum Gasteiger partial charge on any atom is 0.339 e. The molecule has 34 heavy (non-hydrogen) atoms. The van der Waals surface area contributed by atoms with Crippen LogP contribution in [0.4, 0.5) is 10.5 Å². The second-order valence-electron chi connectivity index (χ2n) is 6.78. The number of methoxy groups -OCH3 is 1. The van der Waals surface area contributed by atoms with Crippen LogP contribution in [-0.4, -0.2) is 48.2 Å². The molecule has 0 saturated carbocycles. The second-order valence-corrected chi connectivity index (χ2v) is 9.10. The van der Waals surface area contributed by atoms with Gasteiger partial charge in [-0.15, -0.1) is 0 Å². The molecule has 0 bridgehead atoms. The molecule has 1 saturated heterocycles. The number of carbonyl (C=O) groups is 4. The van der Waals surface area contributed by atoms with Gasteiger partial charge in [0.05, 0.1) is 22.6 Å². The van der Waals surface area contributed by atoms with Crippen LogP contribution in [0, 0.1) is 0 Å². The summed E-state index contributed by atoms with van der Waals surface area (Å²) < 4.78 is 11.0. The van der Waals surface area contributed by atoms with Crippen LogP contribution in [0.3, 0.4) is 0 Å². The Morgan fingerprint density at radius 1 is 1.24 bits per heavy atom. The molecule has 0 unspecified atom stereocenters. The summed E-state index contributed by atoms with van der Waals surface area (Å²) in [4.78, 5) is 50.6. The number of imide groups is 1. The van der Waals surface area contributed by atoms with Gasteiger partial charge >= 0.3 is 5.97 Å². The van der Waals surface area contributed by atoms with Crippen molar-refractivity contribution < 1.29 is 28.7 Å². The maximum atomic E-state index is 12.8. The number of nitrogens with one attached hydrogen (secondary N) is 1. The molecule has 1 heterocycles. The molecule has 0 aliphatic carbocycles. The molecule has 176 valence electrons. The number of esters is 1. The van der Waals surface area contributed by atoms with Crippen molar-refractivity contribution in [1.29, 1.82) is 0 Å². The smallest absolute Gasteiger partial charge is 0.339 e. The summed E-state index contributed by atoms with van der Waals surface area (Å²) in [5, 5.41) is 2.12. The van der Waals surface area contributed by atoms with Crippen molar-refractivity contribution in [2.24, 2.45) is 0 Å². The number of rotatable bonds is 8. The zero-order chi connectivity index (χ0) is 24.8. The Bertz CT molecular complexity index is 1220. The largest absolute Gasteiger partial charge is 0.489 e. The zero-order valence-corrected chi connectivity index (χ0v) is 21.0. The van der Waals surface area contributed by atoms with Gasteiger partial charge in [0.15, 0.2) is 0 Å². The van der Waals surface area contributed by atoms with Gasteiger partial charge < -0.3 is 14.8 Å². The van der Waals surface area contributed by atoms with Crippen molar-refractivity contribution in [1.82, 2.24) is 4.90 Å². The van der Waals surface area contributed by atoms with Crippen LogP contribution in [0.1, 0.15) is 15.9 Å². The molecule has 3 amide bonds. The van der Waals surface area contributed by atoms with Gasteiger partial charge in [-0.25, -0.2) is 4.79 Å². The number of benzene rings is 2. The van der Waals surface area contributed by atoms with Crippen LogP contribution in [-0.2, 0) is 14.3 Å². The number of nitrogens with zero attached hydrogens (tertiary/aromatic N) is 1. The van der Waals surface area contributed by atoms with Gasteiger partial charge in [-0.1, -0.05) is 40.2 Å². The number of ether oxygens (including phenoxy) is 2. The summed E-state index contributed by atoms with van der Waals surface area (Å²) in [7, 11) is 1.21. The molecule has 0 aromatic heterocycles. The van der Waals surface area contributed by atoms with Crippen LogP contribution < -0.4 is 10.1 Å². The second kappa shape index (κ2) is 11.4. The summed E-state index contributed by atoms with van der Waals surface area (Å²) in [6.07, 6.45) is 3.13. The Balaban J connectivity index is 1.75. The van der Waals surface area contributed by atoms with Crippen LogP contribution in [0.25, 0.3) is 6.08 Å². The van der Waals surface area contributed by atoms with Gasteiger partial charge in [0.2, 0.25) is 5.91 Å². The fourth-order valence-corrected chi connectivity index (χ4v) is 4.31. The van der Waals surface area contributed by atoms with Crippen molar-refractivity contribution in [3.05, 3.63) is 74.6 Å². The van der Waals surface area contributed by atoms with E-state index in [4.69, 9.17) is 16.3 Å². The van der Waals surface area contributed by atoms with E-state index in [0.29, 0.717) is 11.3 Å². The summed E-state index contributed by atoms with van der Waals surface area (Å²) in [5.41, 5.74) is 0.915. The molecular weight excluding hydrogens is 548 g/mol. The van der Waals surface area contributed by atoms with Gasteiger partial charge in [0, 0.05) is 15.7 Å². The van der Waals surface area contributed by atoms with E-state index >= 15 is 0 Å². The number of thioether (sulfide) groups is 1. The first kappa shape index (κ1) is 25.5. The number of carbonyl (C=O) groups excluding carboxylic acids is 4. The fraction of sp³-hybridized carbons (Fsp3) is 0.130. The molecule has 11 heteroatoms. The first-order valence-electron chi connectivity index (χ1n) is 9.69. The topological polar surface area (TPSA) is 102 Å². The minimum Gasteiger partial charge on any atom is -0.489 e. The lowest BCUT2D eigenvalue weighted by Gasteiger charge is -2.13. The molecule has 0 spiro atoms. The molecule has 1 N–H and O–H groups in total. The third-order valence-electron chi connectivity index (χ3n) is 4.45. The average Bonchev–Trinajstić information content (AvgIpc) is 3.06. The quantitative estimate of drug-likeness (QED) is 0.269. The Morgan fingerprint density at radius 3 is 2.71 bits per heavy atom. The molecule has 2 aromatic rings. The highest BCUT2D eigenvalue weighted by molar-refractivity contribution is 9.10. The molecule has 0 radical (unpaired) electrons. The Labute approximate surface area is 213 Å². The van der Waals surface area contributed by atoms with Gasteiger partial charge in [0.25, 0.3) is 11.1 Å². The van der Waals surface area contributed by atoms with Crippen LogP contribution in [0.5, 0.6) is 5.75 Å². The molecule has 0 atom stereocenters. The van der Waals surface area contributed by atoms with E-state index < -0.39 is 29.6 Å². The normalized spacial score (nSPS) is 14.3. The molecular formula is C23H18BrClN2O6S. The van der Waals surface area contributed by atoms with E-state index in [1.54, 1.807) is 24.3 Å². The predicted molar refractivity (Wildman–Crippen MR) is 134 cm³/mol. The van der Waals surface area contributed by atoms with Crippen LogP contribution in [0.15, 0.2) is 58.4 Å².